The van der Waals surface area contributed by atoms with E-state index in [4.69, 9.17) is 11.6 Å². The van der Waals surface area contributed by atoms with Gasteiger partial charge in [0.2, 0.25) is 10.0 Å². The standard InChI is InChI=1S/C25H32ClN3O3S/c26-23-9-3-2-8-22(23)24(28-14-6-7-15-28)18-27-19-25(30)20-10-12-21(13-11-20)33(31,32)29-16-4-1-5-17-29/h2-3,8-13,24,27H,1,4-7,14-19H2. The summed E-state index contributed by atoms with van der Waals surface area (Å²) in [6.07, 6.45) is 5.21. The Morgan fingerprint density at radius 1 is 0.909 bits per heavy atom. The van der Waals surface area contributed by atoms with Gasteiger partial charge < -0.3 is 5.32 Å². The minimum atomic E-state index is -3.49. The summed E-state index contributed by atoms with van der Waals surface area (Å²) >= 11 is 6.47. The summed E-state index contributed by atoms with van der Waals surface area (Å²) in [5.74, 6) is -0.0590. The number of nitrogens with one attached hydrogen (secondary N) is 1. The molecule has 1 atom stereocenters. The molecule has 1 unspecified atom stereocenters. The van der Waals surface area contributed by atoms with Gasteiger partial charge in [-0.05, 0) is 62.5 Å². The van der Waals surface area contributed by atoms with Crippen molar-refractivity contribution in [2.75, 3.05) is 39.3 Å². The topological polar surface area (TPSA) is 69.7 Å². The van der Waals surface area contributed by atoms with Crippen molar-refractivity contribution >= 4 is 27.4 Å². The first kappa shape index (κ1) is 24.4. The maximum atomic E-state index is 12.8. The number of rotatable bonds is 9. The molecule has 2 aromatic carbocycles. The van der Waals surface area contributed by atoms with Gasteiger partial charge in [0.1, 0.15) is 0 Å². The lowest BCUT2D eigenvalue weighted by Gasteiger charge is -2.29. The van der Waals surface area contributed by atoms with Gasteiger partial charge in [-0.25, -0.2) is 8.42 Å². The third-order valence-electron chi connectivity index (χ3n) is 6.60. The second kappa shape index (κ2) is 11.1. The molecule has 1 N–H and O–H groups in total. The molecule has 2 heterocycles. The van der Waals surface area contributed by atoms with Crippen LogP contribution in [0.3, 0.4) is 0 Å². The molecular weight excluding hydrogens is 458 g/mol. The Kier molecular flexibility index (Phi) is 8.20. The minimum Gasteiger partial charge on any atom is -0.308 e. The predicted molar refractivity (Wildman–Crippen MR) is 131 cm³/mol. The molecule has 0 aromatic heterocycles. The normalized spacial score (nSPS) is 18.9. The number of hydrogen-bond donors (Lipinski definition) is 1. The number of piperidine rings is 1. The van der Waals surface area contributed by atoms with E-state index in [-0.39, 0.29) is 23.3 Å². The monoisotopic (exact) mass is 489 g/mol. The largest absolute Gasteiger partial charge is 0.308 e. The zero-order chi connectivity index (χ0) is 23.3. The van der Waals surface area contributed by atoms with Crippen LogP contribution in [0.15, 0.2) is 53.4 Å². The molecule has 6 nitrogen and oxygen atoms in total. The molecular formula is C25H32ClN3O3S. The van der Waals surface area contributed by atoms with E-state index in [0.717, 1.165) is 42.9 Å². The Bertz CT molecular complexity index is 1050. The van der Waals surface area contributed by atoms with Crippen molar-refractivity contribution in [1.82, 2.24) is 14.5 Å². The maximum Gasteiger partial charge on any atom is 0.243 e. The van der Waals surface area contributed by atoms with Gasteiger partial charge in [0.25, 0.3) is 0 Å². The van der Waals surface area contributed by atoms with Gasteiger partial charge >= 0.3 is 0 Å². The van der Waals surface area contributed by atoms with Crippen LogP contribution in [-0.2, 0) is 10.0 Å². The first-order valence-electron chi connectivity index (χ1n) is 11.8. The molecule has 2 aliphatic rings. The fraction of sp³-hybridized carbons (Fsp3) is 0.480. The second-order valence-corrected chi connectivity index (χ2v) is 11.2. The first-order valence-corrected chi connectivity index (χ1v) is 13.6. The highest BCUT2D eigenvalue weighted by molar-refractivity contribution is 7.89. The van der Waals surface area contributed by atoms with Crippen LogP contribution >= 0.6 is 11.6 Å². The Labute approximate surface area is 202 Å². The van der Waals surface area contributed by atoms with Gasteiger partial charge in [-0.15, -0.1) is 0 Å². The number of ketones is 1. The number of hydrogen-bond acceptors (Lipinski definition) is 5. The lowest BCUT2D eigenvalue weighted by atomic mass is 10.0. The molecule has 2 aliphatic heterocycles. The van der Waals surface area contributed by atoms with Gasteiger partial charge in [0, 0.05) is 36.3 Å². The number of Topliss-reactive ketones (excluding diaryl/α,β-unsaturated/α-hetero) is 1. The van der Waals surface area contributed by atoms with Crippen molar-refractivity contribution in [3.63, 3.8) is 0 Å². The Hall–Kier alpha value is -1.77. The summed E-state index contributed by atoms with van der Waals surface area (Å²) < 4.78 is 27.2. The molecule has 0 aliphatic carbocycles. The molecule has 8 heteroatoms. The van der Waals surface area contributed by atoms with Crippen molar-refractivity contribution in [2.24, 2.45) is 0 Å². The summed E-state index contributed by atoms with van der Waals surface area (Å²) in [5.41, 5.74) is 1.59. The van der Waals surface area contributed by atoms with Gasteiger partial charge in [0.15, 0.2) is 5.78 Å². The summed E-state index contributed by atoms with van der Waals surface area (Å²) in [4.78, 5) is 15.4. The van der Waals surface area contributed by atoms with Gasteiger partial charge in [-0.2, -0.15) is 4.31 Å². The van der Waals surface area contributed by atoms with Crippen LogP contribution in [0.4, 0.5) is 0 Å². The molecule has 178 valence electrons. The number of nitrogens with zero attached hydrogens (tertiary/aromatic N) is 2. The van der Waals surface area contributed by atoms with Crippen LogP contribution in [0.1, 0.15) is 54.1 Å². The molecule has 33 heavy (non-hydrogen) atoms. The fourth-order valence-electron chi connectivity index (χ4n) is 4.73. The third-order valence-corrected chi connectivity index (χ3v) is 8.86. The molecule has 2 fully saturated rings. The molecule has 4 rings (SSSR count). The lowest BCUT2D eigenvalue weighted by Crippen LogP contribution is -2.36. The second-order valence-electron chi connectivity index (χ2n) is 8.82. The van der Waals surface area contributed by atoms with E-state index in [1.807, 2.05) is 18.2 Å². The highest BCUT2D eigenvalue weighted by Gasteiger charge is 2.27. The predicted octanol–water partition coefficient (Wildman–Crippen LogP) is 4.12. The van der Waals surface area contributed by atoms with E-state index < -0.39 is 10.0 Å². The minimum absolute atomic E-state index is 0.0590. The van der Waals surface area contributed by atoms with Crippen molar-refractivity contribution in [3.8, 4) is 0 Å². The van der Waals surface area contributed by atoms with E-state index in [9.17, 15) is 13.2 Å². The van der Waals surface area contributed by atoms with Crippen LogP contribution in [0.25, 0.3) is 0 Å². The van der Waals surface area contributed by atoms with E-state index >= 15 is 0 Å². The number of sulfonamides is 1. The average Bonchev–Trinajstić information content (AvgIpc) is 3.38. The molecule has 0 radical (unpaired) electrons. The summed E-state index contributed by atoms with van der Waals surface area (Å²) in [5, 5.41) is 4.05. The number of likely N-dealkylation sites (tertiary alicyclic amines) is 1. The zero-order valence-electron chi connectivity index (χ0n) is 18.9. The molecule has 2 aromatic rings. The highest BCUT2D eigenvalue weighted by Crippen LogP contribution is 2.29. The maximum absolute atomic E-state index is 12.8. The zero-order valence-corrected chi connectivity index (χ0v) is 20.5. The average molecular weight is 490 g/mol. The lowest BCUT2D eigenvalue weighted by molar-refractivity contribution is 0.0987. The smallest absolute Gasteiger partial charge is 0.243 e. The SMILES string of the molecule is O=C(CNCC(c1ccccc1Cl)N1CCCC1)c1ccc(S(=O)(=O)N2CCCCC2)cc1. The van der Waals surface area contributed by atoms with Crippen LogP contribution in [0.5, 0.6) is 0 Å². The van der Waals surface area contributed by atoms with Crippen molar-refractivity contribution in [3.05, 3.63) is 64.7 Å². The quantitative estimate of drug-likeness (QED) is 0.536. The Morgan fingerprint density at radius 3 is 2.21 bits per heavy atom. The summed E-state index contributed by atoms with van der Waals surface area (Å²) in [6.45, 7) is 3.99. The van der Waals surface area contributed by atoms with E-state index in [2.05, 4.69) is 16.3 Å². The number of carbonyl (C=O) groups excluding carboxylic acids is 1. The molecule has 0 spiro atoms. The third kappa shape index (κ3) is 5.84. The molecule has 0 amide bonds. The van der Waals surface area contributed by atoms with Crippen molar-refractivity contribution < 1.29 is 13.2 Å². The van der Waals surface area contributed by atoms with Crippen molar-refractivity contribution in [1.29, 1.82) is 0 Å². The van der Waals surface area contributed by atoms with E-state index in [1.54, 1.807) is 28.6 Å². The summed E-state index contributed by atoms with van der Waals surface area (Å²) in [6, 6.07) is 14.3. The fourth-order valence-corrected chi connectivity index (χ4v) is 6.50. The number of benzene rings is 2. The van der Waals surface area contributed by atoms with E-state index in [0.29, 0.717) is 25.2 Å². The Balaban J connectivity index is 1.37. The number of halogens is 1. The highest BCUT2D eigenvalue weighted by atomic mass is 35.5. The van der Waals surface area contributed by atoms with Gasteiger partial charge in [0.05, 0.1) is 11.4 Å². The van der Waals surface area contributed by atoms with Crippen LogP contribution < -0.4 is 5.32 Å². The molecule has 2 saturated heterocycles. The molecule has 0 bridgehead atoms. The van der Waals surface area contributed by atoms with Crippen LogP contribution in [0.2, 0.25) is 5.02 Å². The van der Waals surface area contributed by atoms with Crippen LogP contribution in [0, 0.1) is 0 Å². The van der Waals surface area contributed by atoms with Gasteiger partial charge in [-0.3, -0.25) is 9.69 Å². The first-order chi connectivity index (χ1) is 16.0. The molecule has 0 saturated carbocycles. The van der Waals surface area contributed by atoms with Crippen molar-refractivity contribution in [2.45, 2.75) is 43.0 Å². The number of carbonyl (C=O) groups is 1. The van der Waals surface area contributed by atoms with E-state index in [1.165, 1.54) is 12.8 Å². The summed E-state index contributed by atoms with van der Waals surface area (Å²) in [7, 11) is -3.49. The Morgan fingerprint density at radius 2 is 1.55 bits per heavy atom. The van der Waals surface area contributed by atoms with Gasteiger partial charge in [-0.1, -0.05) is 48.4 Å². The van der Waals surface area contributed by atoms with Crippen LogP contribution in [-0.4, -0.2) is 62.7 Å².